The normalized spacial score (nSPS) is 15.8. The monoisotopic (exact) mass is 546 g/mol. The number of carbonyl (C=O) groups excluding carboxylic acids is 1. The second-order valence-corrected chi connectivity index (χ2v) is 8.98. The van der Waals surface area contributed by atoms with E-state index in [0.29, 0.717) is 54.4 Å². The van der Waals surface area contributed by atoms with Crippen LogP contribution in [0, 0.1) is 0 Å². The van der Waals surface area contributed by atoms with Crippen molar-refractivity contribution >= 4 is 23.2 Å². The molecule has 11 nitrogen and oxygen atoms in total. The van der Waals surface area contributed by atoms with E-state index in [1.165, 1.54) is 24.7 Å². The molecule has 2 amide bonds. The Labute approximate surface area is 217 Å². The average molecular weight is 547 g/mol. The van der Waals surface area contributed by atoms with Crippen molar-refractivity contribution in [1.82, 2.24) is 35.8 Å². The second kappa shape index (κ2) is 10.8. The summed E-state index contributed by atoms with van der Waals surface area (Å²) in [5.41, 5.74) is 0.803. The number of halogens is 3. The van der Waals surface area contributed by atoms with Gasteiger partial charge in [-0.15, -0.1) is 21.5 Å². The van der Waals surface area contributed by atoms with Gasteiger partial charge in [-0.2, -0.15) is 13.2 Å². The zero-order valence-electron chi connectivity index (χ0n) is 19.9. The van der Waals surface area contributed by atoms with Crippen LogP contribution in [-0.4, -0.2) is 57.5 Å². The minimum atomic E-state index is -4.60. The molecule has 5 heterocycles. The summed E-state index contributed by atoms with van der Waals surface area (Å²) < 4.78 is 51.1. The Hall–Kier alpha value is -3.95. The number of hydrogen-bond donors (Lipinski definition) is 3. The number of anilines is 1. The average Bonchev–Trinajstić information content (AvgIpc) is 3.60. The third-order valence-electron chi connectivity index (χ3n) is 5.46. The Balaban J connectivity index is 1.52. The number of nitrogens with one attached hydrogen (secondary N) is 3. The summed E-state index contributed by atoms with van der Waals surface area (Å²) in [6.45, 7) is 3.80. The summed E-state index contributed by atoms with van der Waals surface area (Å²) in [6.07, 6.45) is -0.0872. The third kappa shape index (κ3) is 5.64. The fourth-order valence-electron chi connectivity index (χ4n) is 3.70. The summed E-state index contributed by atoms with van der Waals surface area (Å²) >= 11 is 0.829. The Morgan fingerprint density at radius 2 is 2.03 bits per heavy atom. The molecule has 15 heteroatoms. The molecule has 198 valence electrons. The molecule has 1 saturated heterocycles. The molecule has 0 unspecified atom stereocenters. The van der Waals surface area contributed by atoms with Crippen LogP contribution >= 0.6 is 11.3 Å². The molecule has 1 aliphatic rings. The van der Waals surface area contributed by atoms with Crippen LogP contribution in [0.2, 0.25) is 0 Å². The molecule has 4 aromatic heterocycles. The van der Waals surface area contributed by atoms with E-state index in [1.807, 2.05) is 0 Å². The van der Waals surface area contributed by atoms with E-state index < -0.39 is 17.9 Å². The first-order valence-corrected chi connectivity index (χ1v) is 12.4. The van der Waals surface area contributed by atoms with E-state index in [2.05, 4.69) is 41.1 Å². The Morgan fingerprint density at radius 3 is 2.76 bits per heavy atom. The van der Waals surface area contributed by atoms with Crippen molar-refractivity contribution in [2.75, 3.05) is 31.6 Å². The van der Waals surface area contributed by atoms with Crippen LogP contribution in [-0.2, 0) is 10.9 Å². The smallest absolute Gasteiger partial charge is 0.419 e. The van der Waals surface area contributed by atoms with E-state index >= 15 is 0 Å². The summed E-state index contributed by atoms with van der Waals surface area (Å²) in [6, 6.07) is 2.46. The molecule has 1 atom stereocenters. The number of carbonyl (C=O) groups is 1. The number of rotatable bonds is 6. The second-order valence-electron chi connectivity index (χ2n) is 8.12. The summed E-state index contributed by atoms with van der Waals surface area (Å²) in [4.78, 5) is 24.3. The Morgan fingerprint density at radius 1 is 1.18 bits per heavy atom. The molecule has 0 aliphatic carbocycles. The number of nitrogens with zero attached hydrogens (tertiary/aromatic N) is 5. The lowest BCUT2D eigenvalue weighted by molar-refractivity contribution is -0.140. The van der Waals surface area contributed by atoms with Crippen molar-refractivity contribution in [3.8, 4) is 33.2 Å². The maximum absolute atomic E-state index is 13.3. The lowest BCUT2D eigenvalue weighted by Gasteiger charge is -2.20. The van der Waals surface area contributed by atoms with Crippen LogP contribution in [0.25, 0.3) is 33.2 Å². The van der Waals surface area contributed by atoms with Gasteiger partial charge in [0.05, 0.1) is 18.8 Å². The molecule has 0 spiro atoms. The molecule has 0 radical (unpaired) electrons. The lowest BCUT2D eigenvalue weighted by Crippen LogP contribution is -2.34. The summed E-state index contributed by atoms with van der Waals surface area (Å²) in [7, 11) is 0. The molecule has 4 aromatic rings. The number of ether oxygens (including phenoxy) is 1. The summed E-state index contributed by atoms with van der Waals surface area (Å²) in [5, 5.41) is 17.6. The van der Waals surface area contributed by atoms with Crippen LogP contribution in [0.4, 0.5) is 23.8 Å². The Bertz CT molecular complexity index is 1440. The highest BCUT2D eigenvalue weighted by Gasteiger charge is 2.34. The number of pyridine rings is 2. The quantitative estimate of drug-likeness (QED) is 0.326. The third-order valence-corrected chi connectivity index (χ3v) is 6.34. The first-order valence-electron chi connectivity index (χ1n) is 11.5. The van der Waals surface area contributed by atoms with Crippen LogP contribution < -0.4 is 16.0 Å². The number of thiazole rings is 1. The van der Waals surface area contributed by atoms with Crippen LogP contribution in [0.1, 0.15) is 24.6 Å². The van der Waals surface area contributed by atoms with Gasteiger partial charge in [-0.3, -0.25) is 10.3 Å². The van der Waals surface area contributed by atoms with Gasteiger partial charge in [-0.05, 0) is 19.1 Å². The standard InChI is InChI=1S/C23H21F3N8O3S/c1-2-28-22(35)32-18-6-14(21-31-17(11-38-21)23(24,25)26)15(9-30-18)12-5-13(8-27-7-12)19-33-34-20(37-19)16-10-36-4-3-29-16/h5-9,11,16,29H,2-4,10H2,1H3,(H2,28,30,32,35)/t16-/m1/s1. The zero-order valence-corrected chi connectivity index (χ0v) is 20.7. The number of urea groups is 1. The highest BCUT2D eigenvalue weighted by atomic mass is 32.1. The van der Waals surface area contributed by atoms with E-state index in [4.69, 9.17) is 9.15 Å². The molecular formula is C23H21F3N8O3S. The zero-order chi connectivity index (χ0) is 26.7. The number of aromatic nitrogens is 5. The fourth-order valence-corrected chi connectivity index (χ4v) is 4.56. The highest BCUT2D eigenvalue weighted by Crippen LogP contribution is 2.39. The number of alkyl halides is 3. The Kier molecular flexibility index (Phi) is 7.31. The molecule has 0 saturated carbocycles. The van der Waals surface area contributed by atoms with Gasteiger partial charge < -0.3 is 19.8 Å². The SMILES string of the molecule is CCNC(=O)Nc1cc(-c2nc(C(F)(F)F)cs2)c(-c2cncc(-c3nnc([C@H]4COCCN4)o3)c2)cn1. The van der Waals surface area contributed by atoms with Gasteiger partial charge in [0.15, 0.2) is 5.69 Å². The first-order chi connectivity index (χ1) is 18.3. The van der Waals surface area contributed by atoms with Gasteiger partial charge in [-0.1, -0.05) is 0 Å². The predicted octanol–water partition coefficient (Wildman–Crippen LogP) is 4.14. The van der Waals surface area contributed by atoms with Crippen molar-refractivity contribution in [2.24, 2.45) is 0 Å². The number of hydrogen-bond acceptors (Lipinski definition) is 10. The van der Waals surface area contributed by atoms with E-state index in [0.717, 1.165) is 16.7 Å². The van der Waals surface area contributed by atoms with Crippen LogP contribution in [0.15, 0.2) is 40.5 Å². The fraction of sp³-hybridized carbons (Fsp3) is 0.304. The van der Waals surface area contributed by atoms with Gasteiger partial charge in [-0.25, -0.2) is 14.8 Å². The first kappa shape index (κ1) is 25.7. The molecular weight excluding hydrogens is 525 g/mol. The molecule has 0 bridgehead atoms. The summed E-state index contributed by atoms with van der Waals surface area (Å²) in [5.74, 6) is 0.737. The van der Waals surface area contributed by atoms with Crippen molar-refractivity contribution in [1.29, 1.82) is 0 Å². The van der Waals surface area contributed by atoms with Gasteiger partial charge in [0.25, 0.3) is 0 Å². The maximum Gasteiger partial charge on any atom is 0.434 e. The molecule has 3 N–H and O–H groups in total. The number of morpholine rings is 1. The van der Waals surface area contributed by atoms with Gasteiger partial charge in [0.2, 0.25) is 11.8 Å². The van der Waals surface area contributed by atoms with Crippen molar-refractivity contribution in [2.45, 2.75) is 19.1 Å². The lowest BCUT2D eigenvalue weighted by atomic mass is 10.0. The van der Waals surface area contributed by atoms with Gasteiger partial charge in [0.1, 0.15) is 16.9 Å². The largest absolute Gasteiger partial charge is 0.434 e. The van der Waals surface area contributed by atoms with E-state index in [1.54, 1.807) is 13.0 Å². The van der Waals surface area contributed by atoms with Crippen LogP contribution in [0.5, 0.6) is 0 Å². The minimum absolute atomic E-state index is 0.0996. The molecule has 1 aliphatic heterocycles. The van der Waals surface area contributed by atoms with Gasteiger partial charge in [0, 0.05) is 53.8 Å². The van der Waals surface area contributed by atoms with Crippen molar-refractivity contribution in [3.05, 3.63) is 47.7 Å². The predicted molar refractivity (Wildman–Crippen MR) is 131 cm³/mol. The highest BCUT2D eigenvalue weighted by molar-refractivity contribution is 7.13. The maximum atomic E-state index is 13.3. The van der Waals surface area contributed by atoms with Gasteiger partial charge >= 0.3 is 12.2 Å². The van der Waals surface area contributed by atoms with E-state index in [9.17, 15) is 18.0 Å². The molecule has 0 aromatic carbocycles. The van der Waals surface area contributed by atoms with Crippen molar-refractivity contribution < 1.29 is 27.1 Å². The molecule has 5 rings (SSSR count). The van der Waals surface area contributed by atoms with Crippen molar-refractivity contribution in [3.63, 3.8) is 0 Å². The van der Waals surface area contributed by atoms with Crippen LogP contribution in [0.3, 0.4) is 0 Å². The minimum Gasteiger partial charge on any atom is -0.419 e. The molecule has 1 fully saturated rings. The van der Waals surface area contributed by atoms with E-state index in [-0.39, 0.29) is 22.8 Å². The topological polar surface area (TPSA) is 140 Å². The number of amides is 2. The molecule has 38 heavy (non-hydrogen) atoms.